The molecule has 8 radical (unpaired) electrons. The van der Waals surface area contributed by atoms with Crippen LogP contribution < -0.4 is 26.2 Å². The van der Waals surface area contributed by atoms with Gasteiger partial charge in [0.05, 0.1) is 34.6 Å². The summed E-state index contributed by atoms with van der Waals surface area (Å²) in [5, 5.41) is 22.5. The molecule has 16 nitrogen and oxygen atoms in total. The number of allylic oxidation sites excluding steroid dienone is 4. The van der Waals surface area contributed by atoms with E-state index in [1.54, 1.807) is 41.3 Å². The average molecular weight is 971 g/mol. The summed E-state index contributed by atoms with van der Waals surface area (Å²) in [6.07, 6.45) is 3.95. The Morgan fingerprint density at radius 2 is 1.30 bits per heavy atom. The lowest BCUT2D eigenvalue weighted by molar-refractivity contribution is -0.437. The summed E-state index contributed by atoms with van der Waals surface area (Å²) in [5.74, 6) is -2.23. The Labute approximate surface area is 391 Å². The maximum atomic E-state index is 13.8. The van der Waals surface area contributed by atoms with E-state index in [-0.39, 0.29) is 66.1 Å². The number of carbonyl (C=O) groups excluding carboxylic acids is 3. The van der Waals surface area contributed by atoms with Gasteiger partial charge >= 0.3 is 0 Å². The van der Waals surface area contributed by atoms with Crippen LogP contribution in [0.2, 0.25) is 0 Å². The molecule has 7 N–H and O–H groups in total. The molecule has 0 aromatic heterocycles. The van der Waals surface area contributed by atoms with Gasteiger partial charge in [0.25, 0.3) is 38.0 Å². The van der Waals surface area contributed by atoms with Gasteiger partial charge in [0.1, 0.15) is 12.8 Å². The predicted octanol–water partition coefficient (Wildman–Crippen LogP) is 2.72. The van der Waals surface area contributed by atoms with Crippen molar-refractivity contribution >= 4 is 130 Å². The number of rotatable bonds is 23. The van der Waals surface area contributed by atoms with Crippen LogP contribution in [0.15, 0.2) is 48.2 Å². The molecule has 26 heteroatoms. The highest BCUT2D eigenvalue weighted by Gasteiger charge is 2.48. The summed E-state index contributed by atoms with van der Waals surface area (Å²) in [5.41, 5.74) is 2.28. The number of nitrogens with zero attached hydrogens (tertiary/aromatic N) is 2. The molecule has 4 rings (SSSR count). The molecule has 1 unspecified atom stereocenters. The lowest BCUT2D eigenvalue weighted by Gasteiger charge is -2.27. The Morgan fingerprint density at radius 3 is 1.86 bits per heavy atom. The zero-order valence-corrected chi connectivity index (χ0v) is 39.9. The SMILES string of the molecule is [B]SCNC(=O)c1cc(C(=O)NCS[B])c2c(c1)N(CCCS(=O)(=O)O)C(=CC=CC1=[N+](CCCS(=O)(=O)O)c3cc(C(=O)NCS[B])cc(C(O)NCS[B])c3C1(C)C)C2(C)C. The molecule has 0 fully saturated rings. The van der Waals surface area contributed by atoms with Gasteiger partial charge in [-0.05, 0) is 44.5 Å². The first-order chi connectivity index (χ1) is 29.5. The second kappa shape index (κ2) is 22.6. The van der Waals surface area contributed by atoms with Gasteiger partial charge in [-0.3, -0.25) is 28.8 Å². The minimum atomic E-state index is -4.36. The van der Waals surface area contributed by atoms with Crippen molar-refractivity contribution < 1.29 is 50.0 Å². The first-order valence-electron chi connectivity index (χ1n) is 19.1. The van der Waals surface area contributed by atoms with Crippen LogP contribution in [0.5, 0.6) is 0 Å². The molecule has 0 saturated heterocycles. The third-order valence-corrected chi connectivity index (χ3v) is 13.3. The van der Waals surface area contributed by atoms with Gasteiger partial charge in [-0.2, -0.15) is 21.4 Å². The molecule has 3 amide bonds. The highest BCUT2D eigenvalue weighted by molar-refractivity contribution is 8.20. The summed E-state index contributed by atoms with van der Waals surface area (Å²) in [6, 6.07) is 6.27. The van der Waals surface area contributed by atoms with Gasteiger partial charge in [-0.15, -0.1) is 0 Å². The third-order valence-electron chi connectivity index (χ3n) is 10.4. The van der Waals surface area contributed by atoms with E-state index in [4.69, 9.17) is 28.5 Å². The number of benzene rings is 2. The largest absolute Gasteiger partial charge is 0.374 e. The lowest BCUT2D eigenvalue weighted by atomic mass is 9.78. The van der Waals surface area contributed by atoms with Gasteiger partial charge in [-0.1, -0.05) is 19.9 Å². The second-order valence-electron chi connectivity index (χ2n) is 15.4. The predicted molar refractivity (Wildman–Crippen MR) is 259 cm³/mol. The average Bonchev–Trinajstić information content (AvgIpc) is 3.56. The number of hydrogen-bond acceptors (Lipinski definition) is 14. The molecular weight excluding hydrogens is 924 g/mol. The van der Waals surface area contributed by atoms with Crippen LogP contribution in [-0.4, -0.2) is 136 Å². The van der Waals surface area contributed by atoms with Crippen molar-refractivity contribution in [2.45, 2.75) is 57.6 Å². The minimum absolute atomic E-state index is 0.0236. The van der Waals surface area contributed by atoms with E-state index < -0.39 is 66.5 Å². The molecule has 2 aromatic rings. The molecular formula is C37H47B4N6O10S6+. The Balaban J connectivity index is 1.98. The fraction of sp³-hybridized carbons (Fsp3) is 0.459. The second-order valence-corrected chi connectivity index (χ2v) is 21.0. The molecule has 2 aliphatic heterocycles. The normalized spacial score (nSPS) is 16.6. The summed E-state index contributed by atoms with van der Waals surface area (Å²) < 4.78 is 68.6. The van der Waals surface area contributed by atoms with Gasteiger partial charge in [0, 0.05) is 81.2 Å². The monoisotopic (exact) mass is 971 g/mol. The van der Waals surface area contributed by atoms with Crippen molar-refractivity contribution in [2.24, 2.45) is 0 Å². The highest BCUT2D eigenvalue weighted by atomic mass is 32.2. The van der Waals surface area contributed by atoms with Gasteiger partial charge in [0.2, 0.25) is 5.69 Å². The van der Waals surface area contributed by atoms with E-state index >= 15 is 0 Å². The fourth-order valence-corrected chi connectivity index (χ4v) is 9.75. The number of amides is 3. The molecule has 63 heavy (non-hydrogen) atoms. The van der Waals surface area contributed by atoms with E-state index in [2.05, 4.69) is 21.3 Å². The Bertz CT molecular complexity index is 2390. The van der Waals surface area contributed by atoms with E-state index in [0.29, 0.717) is 39.5 Å². The molecule has 2 heterocycles. The third kappa shape index (κ3) is 13.2. The number of fused-ring (bicyclic) bond motifs is 2. The van der Waals surface area contributed by atoms with Crippen LogP contribution in [0.1, 0.15) is 94.5 Å². The van der Waals surface area contributed by atoms with Gasteiger partial charge in [-0.25, -0.2) is 46.5 Å². The number of anilines is 1. The highest BCUT2D eigenvalue weighted by Crippen LogP contribution is 2.50. The maximum absolute atomic E-state index is 13.8. The van der Waals surface area contributed by atoms with Crippen molar-refractivity contribution in [3.63, 3.8) is 0 Å². The van der Waals surface area contributed by atoms with Crippen molar-refractivity contribution in [3.05, 3.63) is 81.6 Å². The van der Waals surface area contributed by atoms with Crippen molar-refractivity contribution in [3.8, 4) is 0 Å². The topological polar surface area (TPSA) is 235 Å². The van der Waals surface area contributed by atoms with Crippen molar-refractivity contribution in [1.29, 1.82) is 0 Å². The number of nitrogens with one attached hydrogen (secondary N) is 4. The zero-order chi connectivity index (χ0) is 46.9. The standard InChI is InChI=1S/C37H46B4N6O10S6/c1-36(2)28(46(10-6-12-62(52,53)54)26-16-22(32(48)42-18-58-38)14-24(30(26)36)34(50)44-20-60-40)8-5-9-29-37(3,4)31-25(35(51)45-21-61-41)15-23(33(49)43-19-59-39)17-27(31)47(29)11-7-13-63(55,56)57/h5,8-9,14-17,34,44,50H,6-7,10-13,18-21H2,1-4H3,(H4-,42,43,45,48,49,51,52,53,54,55,56,57)/p+1. The molecule has 2 aromatic carbocycles. The molecule has 0 saturated carbocycles. The number of carbonyl (C=O) groups is 3. The van der Waals surface area contributed by atoms with Crippen LogP contribution >= 0.6 is 46.5 Å². The van der Waals surface area contributed by atoms with Crippen LogP contribution in [-0.2, 0) is 31.1 Å². The molecule has 332 valence electrons. The fourth-order valence-electron chi connectivity index (χ4n) is 7.86. The zero-order valence-electron chi connectivity index (χ0n) is 35.0. The number of aliphatic hydroxyl groups excluding tert-OH is 1. The van der Waals surface area contributed by atoms with Crippen LogP contribution in [0, 0.1) is 0 Å². The first-order valence-corrected chi connectivity index (χ1v) is 26.6. The van der Waals surface area contributed by atoms with E-state index in [9.17, 15) is 45.4 Å². The van der Waals surface area contributed by atoms with Crippen LogP contribution in [0.25, 0.3) is 0 Å². The molecule has 1 atom stereocenters. The van der Waals surface area contributed by atoms with Crippen LogP contribution in [0.3, 0.4) is 0 Å². The Morgan fingerprint density at radius 1 is 0.762 bits per heavy atom. The molecule has 2 aliphatic rings. The molecule has 0 spiro atoms. The van der Waals surface area contributed by atoms with Gasteiger partial charge in [0.15, 0.2) is 34.2 Å². The smallest absolute Gasteiger partial charge is 0.265 e. The lowest BCUT2D eigenvalue weighted by Crippen LogP contribution is -2.31. The number of hydrogen-bond donors (Lipinski definition) is 7. The van der Waals surface area contributed by atoms with Crippen LogP contribution in [0.4, 0.5) is 11.4 Å². The summed E-state index contributed by atoms with van der Waals surface area (Å²) >= 11 is 3.64. The Hall–Kier alpha value is -2.80. The van der Waals surface area contributed by atoms with Crippen molar-refractivity contribution in [1.82, 2.24) is 21.3 Å². The summed E-state index contributed by atoms with van der Waals surface area (Å²) in [7, 11) is 13.7. The van der Waals surface area contributed by atoms with E-state index in [0.717, 1.165) is 46.5 Å². The molecule has 0 aliphatic carbocycles. The summed E-state index contributed by atoms with van der Waals surface area (Å²) in [4.78, 5) is 42.3. The van der Waals surface area contributed by atoms with Crippen molar-refractivity contribution in [2.75, 3.05) is 53.0 Å². The minimum Gasteiger partial charge on any atom is -0.374 e. The molecule has 0 bridgehead atoms. The summed E-state index contributed by atoms with van der Waals surface area (Å²) in [6.45, 7) is 7.64. The van der Waals surface area contributed by atoms with E-state index in [1.165, 1.54) is 6.07 Å². The quantitative estimate of drug-likeness (QED) is 0.0367. The number of aliphatic hydroxyl groups is 1. The first kappa shape index (κ1) is 52.8. The Kier molecular flexibility index (Phi) is 18.9. The van der Waals surface area contributed by atoms with E-state index in [1.807, 2.05) is 32.3 Å². The maximum Gasteiger partial charge on any atom is 0.265 e. The van der Waals surface area contributed by atoms with Gasteiger partial charge < -0.3 is 26.0 Å².